The van der Waals surface area contributed by atoms with Crippen molar-refractivity contribution >= 4 is 51.5 Å². The van der Waals surface area contributed by atoms with Crippen molar-refractivity contribution in [2.75, 3.05) is 24.6 Å². The number of anilines is 1. The predicted octanol–water partition coefficient (Wildman–Crippen LogP) is 5.05. The molecule has 0 bridgehead atoms. The van der Waals surface area contributed by atoms with Crippen LogP contribution in [0.1, 0.15) is 19.8 Å². The van der Waals surface area contributed by atoms with E-state index >= 15 is 0 Å². The highest BCUT2D eigenvalue weighted by molar-refractivity contribution is 7.22. The van der Waals surface area contributed by atoms with Gasteiger partial charge in [0.25, 0.3) is 0 Å². The summed E-state index contributed by atoms with van der Waals surface area (Å²) in [5.74, 6) is 0.987. The lowest BCUT2D eigenvalue weighted by Crippen LogP contribution is -2.61. The molecule has 9 heteroatoms. The van der Waals surface area contributed by atoms with Crippen LogP contribution in [0.25, 0.3) is 10.2 Å². The standard InChI is InChI=1S/C22H24FN3O2S.2ClH/c1-22(24,20-13-27-18-12-15(23)6-7-17(18)28-20)14-8-10-26(11-9-14)21-25-16-4-2-3-5-19(16)29-21;;/h2-7,12,14,20H,8-11,13,24H2,1H3;2*1H. The molecule has 2 aliphatic heterocycles. The minimum atomic E-state index is -0.536. The van der Waals surface area contributed by atoms with Crippen molar-refractivity contribution < 1.29 is 13.9 Å². The molecule has 3 heterocycles. The molecule has 2 unspecified atom stereocenters. The topological polar surface area (TPSA) is 60.6 Å². The van der Waals surface area contributed by atoms with Crippen LogP contribution in [0.3, 0.4) is 0 Å². The van der Waals surface area contributed by atoms with Crippen molar-refractivity contribution in [3.8, 4) is 11.5 Å². The van der Waals surface area contributed by atoms with Crippen LogP contribution < -0.4 is 20.1 Å². The molecule has 0 saturated carbocycles. The first-order valence-electron chi connectivity index (χ1n) is 9.99. The summed E-state index contributed by atoms with van der Waals surface area (Å²) in [6.45, 7) is 4.23. The smallest absolute Gasteiger partial charge is 0.186 e. The molecule has 1 saturated heterocycles. The summed E-state index contributed by atoms with van der Waals surface area (Å²) in [6.07, 6.45) is 1.68. The fourth-order valence-corrected chi connectivity index (χ4v) is 5.32. The molecule has 2 aromatic carbocycles. The van der Waals surface area contributed by atoms with E-state index in [4.69, 9.17) is 20.2 Å². The first kappa shape index (κ1) is 23.9. The predicted molar refractivity (Wildman–Crippen MR) is 128 cm³/mol. The number of halogens is 3. The van der Waals surface area contributed by atoms with Crippen molar-refractivity contribution in [1.29, 1.82) is 0 Å². The Hall–Kier alpha value is -1.80. The molecule has 5 rings (SSSR count). The van der Waals surface area contributed by atoms with Crippen LogP contribution in [0.2, 0.25) is 0 Å². The van der Waals surface area contributed by atoms with Crippen molar-refractivity contribution in [3.63, 3.8) is 0 Å². The fraction of sp³-hybridized carbons (Fsp3) is 0.409. The molecule has 0 spiro atoms. The zero-order valence-corrected chi connectivity index (χ0v) is 19.6. The maximum Gasteiger partial charge on any atom is 0.186 e. The molecule has 31 heavy (non-hydrogen) atoms. The minimum Gasteiger partial charge on any atom is -0.486 e. The van der Waals surface area contributed by atoms with E-state index in [9.17, 15) is 4.39 Å². The number of aromatic nitrogens is 1. The third-order valence-electron chi connectivity index (χ3n) is 6.19. The molecular weight excluding hydrogens is 460 g/mol. The Labute approximate surface area is 197 Å². The van der Waals surface area contributed by atoms with Gasteiger partial charge in [0.1, 0.15) is 12.4 Å². The molecular formula is C22H26Cl2FN3O2S. The van der Waals surface area contributed by atoms with Crippen molar-refractivity contribution in [2.45, 2.75) is 31.4 Å². The number of hydrogen-bond acceptors (Lipinski definition) is 6. The number of thiazole rings is 1. The van der Waals surface area contributed by atoms with Gasteiger partial charge < -0.3 is 20.1 Å². The number of hydrogen-bond donors (Lipinski definition) is 1. The second-order valence-corrected chi connectivity index (χ2v) is 9.11. The lowest BCUT2D eigenvalue weighted by molar-refractivity contribution is 0.00913. The Balaban J connectivity index is 0.00000136. The summed E-state index contributed by atoms with van der Waals surface area (Å²) in [7, 11) is 0. The highest BCUT2D eigenvalue weighted by atomic mass is 35.5. The maximum atomic E-state index is 13.4. The van der Waals surface area contributed by atoms with E-state index in [0.29, 0.717) is 24.0 Å². The summed E-state index contributed by atoms with van der Waals surface area (Å²) in [6, 6.07) is 12.6. The molecule has 2 N–H and O–H groups in total. The number of nitrogens with two attached hydrogens (primary N) is 1. The van der Waals surface area contributed by atoms with Crippen LogP contribution in [-0.2, 0) is 0 Å². The fourth-order valence-electron chi connectivity index (χ4n) is 4.30. The normalized spacial score (nSPS) is 20.5. The van der Waals surface area contributed by atoms with E-state index in [1.54, 1.807) is 17.4 Å². The molecule has 5 nitrogen and oxygen atoms in total. The SMILES string of the molecule is CC(N)(C1CCN(c2nc3ccccc3s2)CC1)C1COc2cc(F)ccc2O1.Cl.Cl. The van der Waals surface area contributed by atoms with Crippen molar-refractivity contribution in [2.24, 2.45) is 11.7 Å². The van der Waals surface area contributed by atoms with Gasteiger partial charge in [-0.3, -0.25) is 0 Å². The number of piperidine rings is 1. The Morgan fingerprint density at radius 1 is 1.13 bits per heavy atom. The van der Waals surface area contributed by atoms with Gasteiger partial charge in [-0.2, -0.15) is 0 Å². The van der Waals surface area contributed by atoms with Crippen LogP contribution in [-0.4, -0.2) is 36.3 Å². The minimum absolute atomic E-state index is 0. The van der Waals surface area contributed by atoms with Gasteiger partial charge >= 0.3 is 0 Å². The number of ether oxygens (including phenoxy) is 2. The average Bonchev–Trinajstić information content (AvgIpc) is 3.17. The van der Waals surface area contributed by atoms with Crippen LogP contribution in [0.4, 0.5) is 9.52 Å². The maximum absolute atomic E-state index is 13.4. The number of fused-ring (bicyclic) bond motifs is 2. The second-order valence-electron chi connectivity index (χ2n) is 8.10. The van der Waals surface area contributed by atoms with Gasteiger partial charge in [-0.1, -0.05) is 23.5 Å². The summed E-state index contributed by atoms with van der Waals surface area (Å²) in [5.41, 5.74) is 7.31. The molecule has 2 atom stereocenters. The van der Waals surface area contributed by atoms with Gasteiger partial charge in [0.05, 0.1) is 15.8 Å². The van der Waals surface area contributed by atoms with Gasteiger partial charge in [0.2, 0.25) is 0 Å². The van der Waals surface area contributed by atoms with Crippen LogP contribution in [0.15, 0.2) is 42.5 Å². The van der Waals surface area contributed by atoms with Crippen LogP contribution >= 0.6 is 36.2 Å². The van der Waals surface area contributed by atoms with E-state index in [-0.39, 0.29) is 36.7 Å². The molecule has 0 aliphatic carbocycles. The molecule has 0 radical (unpaired) electrons. The van der Waals surface area contributed by atoms with Crippen LogP contribution in [0.5, 0.6) is 11.5 Å². The summed E-state index contributed by atoms with van der Waals surface area (Å²) < 4.78 is 26.5. The molecule has 0 amide bonds. The number of benzene rings is 2. The average molecular weight is 486 g/mol. The first-order chi connectivity index (χ1) is 14.0. The number of rotatable bonds is 3. The Morgan fingerprint density at radius 3 is 2.61 bits per heavy atom. The highest BCUT2D eigenvalue weighted by Gasteiger charge is 2.43. The number of para-hydroxylation sites is 1. The van der Waals surface area contributed by atoms with Gasteiger partial charge in [-0.25, -0.2) is 9.37 Å². The summed E-state index contributed by atoms with van der Waals surface area (Å²) in [4.78, 5) is 7.14. The molecule has 1 aromatic heterocycles. The third-order valence-corrected chi connectivity index (χ3v) is 7.28. The Kier molecular flexibility index (Phi) is 7.21. The van der Waals surface area contributed by atoms with E-state index in [2.05, 4.69) is 23.1 Å². The molecule has 168 valence electrons. The summed E-state index contributed by atoms with van der Waals surface area (Å²) >= 11 is 1.74. The monoisotopic (exact) mass is 485 g/mol. The van der Waals surface area contributed by atoms with Gasteiger partial charge in [-0.15, -0.1) is 24.8 Å². The lowest BCUT2D eigenvalue weighted by Gasteiger charge is -2.45. The van der Waals surface area contributed by atoms with E-state index in [1.807, 2.05) is 13.0 Å². The Bertz CT molecular complexity index is 1010. The largest absolute Gasteiger partial charge is 0.486 e. The molecule has 2 aliphatic rings. The summed E-state index contributed by atoms with van der Waals surface area (Å²) in [5, 5.41) is 1.08. The highest BCUT2D eigenvalue weighted by Crippen LogP contribution is 2.39. The second kappa shape index (κ2) is 9.36. The lowest BCUT2D eigenvalue weighted by atomic mass is 9.76. The van der Waals surface area contributed by atoms with Gasteiger partial charge in [0.15, 0.2) is 22.7 Å². The van der Waals surface area contributed by atoms with E-state index in [1.165, 1.54) is 16.8 Å². The van der Waals surface area contributed by atoms with E-state index in [0.717, 1.165) is 36.6 Å². The first-order valence-corrected chi connectivity index (χ1v) is 10.8. The number of nitrogens with zero attached hydrogens (tertiary/aromatic N) is 2. The van der Waals surface area contributed by atoms with E-state index < -0.39 is 5.54 Å². The Morgan fingerprint density at radius 2 is 1.87 bits per heavy atom. The van der Waals surface area contributed by atoms with Gasteiger partial charge in [-0.05, 0) is 49.9 Å². The zero-order chi connectivity index (χ0) is 20.0. The zero-order valence-electron chi connectivity index (χ0n) is 17.1. The van der Waals surface area contributed by atoms with Gasteiger partial charge in [0, 0.05) is 19.2 Å². The molecule has 1 fully saturated rings. The molecule has 3 aromatic rings. The third kappa shape index (κ3) is 4.55. The van der Waals surface area contributed by atoms with Crippen molar-refractivity contribution in [1.82, 2.24) is 4.98 Å². The van der Waals surface area contributed by atoms with Crippen molar-refractivity contribution in [3.05, 3.63) is 48.3 Å². The van der Waals surface area contributed by atoms with Crippen LogP contribution in [0, 0.1) is 11.7 Å². The quantitative estimate of drug-likeness (QED) is 0.562.